The highest BCUT2D eigenvalue weighted by molar-refractivity contribution is 5.98. The van der Waals surface area contributed by atoms with Crippen molar-refractivity contribution in [3.8, 4) is 51.7 Å². The lowest BCUT2D eigenvalue weighted by atomic mass is 9.83. The number of nitrogens with zero attached hydrogens (tertiary/aromatic N) is 3. The molecule has 0 bridgehead atoms. The first-order valence-corrected chi connectivity index (χ1v) is 24.0. The van der Waals surface area contributed by atoms with Gasteiger partial charge in [-0.25, -0.2) is 0 Å². The van der Waals surface area contributed by atoms with Gasteiger partial charge in [-0.05, 0) is 138 Å². The van der Waals surface area contributed by atoms with Gasteiger partial charge in [0.25, 0.3) is 0 Å². The number of phenols is 2. The molecule has 10 rings (SSSR count). The van der Waals surface area contributed by atoms with E-state index in [9.17, 15) is 24.3 Å². The topological polar surface area (TPSA) is 108 Å². The van der Waals surface area contributed by atoms with Crippen LogP contribution in [-0.4, -0.2) is 85.8 Å². The summed E-state index contributed by atoms with van der Waals surface area (Å²) in [6, 6.07) is 35.2. The highest BCUT2D eigenvalue weighted by Crippen LogP contribution is 2.52. The predicted octanol–water partition coefficient (Wildman–Crippen LogP) is 12.3. The third-order valence-corrected chi connectivity index (χ3v) is 14.1. The number of nitriles is 1. The Kier molecular flexibility index (Phi) is 13.4. The molecule has 0 aliphatic carbocycles. The van der Waals surface area contributed by atoms with Crippen molar-refractivity contribution in [1.82, 2.24) is 9.80 Å². The predicted molar refractivity (Wildman–Crippen MR) is 265 cm³/mol. The minimum atomic E-state index is -4.80. The molecule has 0 spiro atoms. The number of benzene rings is 6. The van der Waals surface area contributed by atoms with E-state index in [1.807, 2.05) is 25.1 Å². The fraction of sp³-hybridized carbons (Fsp3) is 0.293. The SMILES string of the molecule is CC1=C(c2cccc(C#N)c2)[C@@H](c2ccc(OCCN3CC(CF)C3)c(-c3cc(C4=C(C)c5cc(O)ccc5O[C@@H]4c4ccc(OCCN5CC(CF)C5)cc4)cc(C(F)(F)F)c3)c2)Oc2cc(O)ccc21. The Hall–Kier alpha value is -7.34. The van der Waals surface area contributed by atoms with E-state index in [1.165, 1.54) is 18.2 Å². The number of hydrogen-bond donors (Lipinski definition) is 2. The summed E-state index contributed by atoms with van der Waals surface area (Å²) in [6.45, 7) is 7.21. The molecule has 2 fully saturated rings. The summed E-state index contributed by atoms with van der Waals surface area (Å²) >= 11 is 0. The van der Waals surface area contributed by atoms with Gasteiger partial charge in [0.1, 0.15) is 59.9 Å². The lowest BCUT2D eigenvalue weighted by Gasteiger charge is -2.37. The van der Waals surface area contributed by atoms with E-state index in [0.717, 1.165) is 28.8 Å². The first-order valence-electron chi connectivity index (χ1n) is 24.0. The smallest absolute Gasteiger partial charge is 0.416 e. The first-order chi connectivity index (χ1) is 34.8. The molecular weight excluding hydrogens is 930 g/mol. The molecule has 0 unspecified atom stereocenters. The zero-order chi connectivity index (χ0) is 50.3. The van der Waals surface area contributed by atoms with Gasteiger partial charge < -0.3 is 29.2 Å². The number of alkyl halides is 5. The molecule has 6 aromatic rings. The van der Waals surface area contributed by atoms with Crippen LogP contribution in [0.25, 0.3) is 33.4 Å². The number of rotatable bonds is 15. The van der Waals surface area contributed by atoms with Gasteiger partial charge in [0, 0.05) is 85.0 Å². The van der Waals surface area contributed by atoms with Gasteiger partial charge in [0.2, 0.25) is 0 Å². The van der Waals surface area contributed by atoms with Crippen LogP contribution in [0, 0.1) is 23.2 Å². The van der Waals surface area contributed by atoms with Crippen LogP contribution in [0.2, 0.25) is 0 Å². The van der Waals surface area contributed by atoms with Crippen LogP contribution in [0.1, 0.15) is 70.6 Å². The zero-order valence-electron chi connectivity index (χ0n) is 39.7. The Morgan fingerprint density at radius 3 is 1.92 bits per heavy atom. The molecule has 9 nitrogen and oxygen atoms in total. The van der Waals surface area contributed by atoms with Crippen molar-refractivity contribution >= 4 is 22.3 Å². The third-order valence-electron chi connectivity index (χ3n) is 14.1. The summed E-state index contributed by atoms with van der Waals surface area (Å²) in [6.07, 6.45) is -6.56. The lowest BCUT2D eigenvalue weighted by molar-refractivity contribution is -0.137. The van der Waals surface area contributed by atoms with Gasteiger partial charge in [0.15, 0.2) is 0 Å². The van der Waals surface area contributed by atoms with Gasteiger partial charge >= 0.3 is 6.18 Å². The summed E-state index contributed by atoms with van der Waals surface area (Å²) < 4.78 is 98.6. The van der Waals surface area contributed by atoms with Crippen molar-refractivity contribution in [3.05, 3.63) is 166 Å². The molecule has 2 saturated heterocycles. The van der Waals surface area contributed by atoms with Crippen molar-refractivity contribution < 1.29 is 51.1 Å². The molecule has 4 aliphatic heterocycles. The van der Waals surface area contributed by atoms with E-state index in [0.29, 0.717) is 113 Å². The average Bonchev–Trinajstić information content (AvgIpc) is 3.35. The fourth-order valence-corrected chi connectivity index (χ4v) is 10.2. The normalized spacial score (nSPS) is 18.3. The molecule has 0 amide bonds. The molecule has 4 heterocycles. The van der Waals surface area contributed by atoms with Gasteiger partial charge in [-0.3, -0.25) is 18.6 Å². The van der Waals surface area contributed by atoms with Crippen molar-refractivity contribution in [2.24, 2.45) is 11.8 Å². The summed E-state index contributed by atoms with van der Waals surface area (Å²) in [7, 11) is 0. The summed E-state index contributed by atoms with van der Waals surface area (Å²) in [5.41, 5.74) is 5.97. The minimum Gasteiger partial charge on any atom is -0.508 e. The maximum absolute atomic E-state index is 15.4. The van der Waals surface area contributed by atoms with Crippen molar-refractivity contribution in [3.63, 3.8) is 0 Å². The standard InChI is InChI=1S/C58H52F5N3O6/c1-34-48-13-9-46(68)26-53(48)72-57(54(34)40-5-3-4-36(20-40)29-64)41-8-14-51(70-19-17-66-32-38(28-60)33-66)50(24-41)42-21-43(23-44(22-42)58(61,62)63)55-35(2)49-25-45(67)10-15-52(49)71-56(55)39-6-11-47(12-7-39)69-18-16-65-30-37(27-59)31-65/h3-15,20-26,37-38,56-57,67-68H,16-19,27-28,30-33H2,1-2H3/t56-,57-/m1/s1. The van der Waals surface area contributed by atoms with E-state index in [4.69, 9.17) is 18.9 Å². The minimum absolute atomic E-state index is 0.0137. The molecule has 0 radical (unpaired) electrons. The van der Waals surface area contributed by atoms with E-state index in [1.54, 1.807) is 79.7 Å². The molecule has 2 atom stereocenters. The van der Waals surface area contributed by atoms with Crippen molar-refractivity contribution in [2.75, 3.05) is 65.8 Å². The zero-order valence-corrected chi connectivity index (χ0v) is 39.7. The molecule has 0 aromatic heterocycles. The van der Waals surface area contributed by atoms with E-state index in [-0.39, 0.29) is 47.7 Å². The highest BCUT2D eigenvalue weighted by atomic mass is 19.4. The number of fused-ring (bicyclic) bond motifs is 2. The largest absolute Gasteiger partial charge is 0.508 e. The van der Waals surface area contributed by atoms with E-state index < -0.39 is 30.6 Å². The number of hydrogen-bond acceptors (Lipinski definition) is 9. The molecule has 2 N–H and O–H groups in total. The molecular formula is C58H52F5N3O6. The van der Waals surface area contributed by atoms with E-state index in [2.05, 4.69) is 15.9 Å². The summed E-state index contributed by atoms with van der Waals surface area (Å²) in [5, 5.41) is 31.1. The Labute approximate surface area is 414 Å². The summed E-state index contributed by atoms with van der Waals surface area (Å²) in [5.74, 6) is 1.70. The number of halogens is 5. The van der Waals surface area contributed by atoms with Gasteiger partial charge in [-0.15, -0.1) is 0 Å². The molecule has 6 aromatic carbocycles. The molecule has 14 heteroatoms. The van der Waals surface area contributed by atoms with E-state index >= 15 is 13.2 Å². The number of phenolic OH excluding ortho intramolecular Hbond substituents is 2. The Morgan fingerprint density at radius 2 is 1.22 bits per heavy atom. The molecule has 4 aliphatic rings. The van der Waals surface area contributed by atoms with Crippen LogP contribution in [0.4, 0.5) is 22.0 Å². The van der Waals surface area contributed by atoms with Crippen LogP contribution >= 0.6 is 0 Å². The monoisotopic (exact) mass is 981 g/mol. The van der Waals surface area contributed by atoms with Crippen LogP contribution in [0.15, 0.2) is 121 Å². The van der Waals surface area contributed by atoms with Crippen LogP contribution in [0.5, 0.6) is 34.5 Å². The quantitative estimate of drug-likeness (QED) is 0.0973. The number of likely N-dealkylation sites (tertiary alicyclic amines) is 2. The Balaban J connectivity index is 1.09. The Morgan fingerprint density at radius 1 is 0.611 bits per heavy atom. The second kappa shape index (κ2) is 20.0. The number of aromatic hydroxyl groups is 2. The van der Waals surface area contributed by atoms with Crippen molar-refractivity contribution in [1.29, 1.82) is 5.26 Å². The van der Waals surface area contributed by atoms with Crippen LogP contribution in [-0.2, 0) is 6.18 Å². The fourth-order valence-electron chi connectivity index (χ4n) is 10.2. The number of ether oxygens (including phenoxy) is 4. The number of allylic oxidation sites excluding steroid dienone is 2. The molecule has 72 heavy (non-hydrogen) atoms. The van der Waals surface area contributed by atoms with Crippen LogP contribution in [0.3, 0.4) is 0 Å². The van der Waals surface area contributed by atoms with Gasteiger partial charge in [-0.2, -0.15) is 18.4 Å². The van der Waals surface area contributed by atoms with Gasteiger partial charge in [0.05, 0.1) is 30.5 Å². The molecule has 370 valence electrons. The van der Waals surface area contributed by atoms with Crippen LogP contribution < -0.4 is 18.9 Å². The maximum atomic E-state index is 15.4. The second-order valence-electron chi connectivity index (χ2n) is 19.0. The maximum Gasteiger partial charge on any atom is 0.416 e. The second-order valence-corrected chi connectivity index (χ2v) is 19.0. The lowest BCUT2D eigenvalue weighted by Crippen LogP contribution is -2.49. The highest BCUT2D eigenvalue weighted by Gasteiger charge is 2.37. The third kappa shape index (κ3) is 9.83. The Bertz CT molecular complexity index is 3120. The van der Waals surface area contributed by atoms with Crippen molar-refractivity contribution in [2.45, 2.75) is 32.2 Å². The average molecular weight is 982 g/mol. The first kappa shape index (κ1) is 48.3. The van der Waals surface area contributed by atoms with Gasteiger partial charge in [-0.1, -0.05) is 30.3 Å². The summed E-state index contributed by atoms with van der Waals surface area (Å²) in [4.78, 5) is 4.18. The molecule has 0 saturated carbocycles.